The molecule has 2 aromatic carbocycles. The molecule has 2 rings (SSSR count). The lowest BCUT2D eigenvalue weighted by molar-refractivity contribution is -0.115. The zero-order valence-corrected chi connectivity index (χ0v) is 14.2. The second-order valence-electron chi connectivity index (χ2n) is 5.06. The summed E-state index contributed by atoms with van der Waals surface area (Å²) >= 11 is 7.25. The molecule has 4 nitrogen and oxygen atoms in total. The molecule has 0 aromatic heterocycles. The number of carbonyl (C=O) groups is 2. The molecule has 0 saturated carbocycles. The molecule has 0 aliphatic heterocycles. The van der Waals surface area contributed by atoms with Crippen molar-refractivity contribution in [3.63, 3.8) is 0 Å². The van der Waals surface area contributed by atoms with Gasteiger partial charge in [-0.25, -0.2) is 4.79 Å². The van der Waals surface area contributed by atoms with Gasteiger partial charge in [0.1, 0.15) is 0 Å². The summed E-state index contributed by atoms with van der Waals surface area (Å²) in [5.41, 5.74) is 1.53. The van der Waals surface area contributed by atoms with E-state index in [2.05, 4.69) is 5.32 Å². The van der Waals surface area contributed by atoms with Crippen molar-refractivity contribution in [1.29, 1.82) is 0 Å². The third kappa shape index (κ3) is 4.74. The third-order valence-corrected chi connectivity index (χ3v) is 4.61. The SMILES string of the molecule is Cc1ccc(SC(C)C(=O)Nc2ccc(Cl)c(C(=O)O)c2)cc1. The molecule has 120 valence electrons. The monoisotopic (exact) mass is 349 g/mol. The standard InChI is InChI=1S/C17H16ClNO3S/c1-10-3-6-13(7-4-10)23-11(2)16(20)19-12-5-8-15(18)14(9-12)17(21)22/h3-9,11H,1-2H3,(H,19,20)(H,21,22). The van der Waals surface area contributed by atoms with Crippen molar-refractivity contribution in [2.45, 2.75) is 24.0 Å². The molecule has 6 heteroatoms. The number of nitrogens with one attached hydrogen (secondary N) is 1. The maximum absolute atomic E-state index is 12.2. The lowest BCUT2D eigenvalue weighted by Gasteiger charge is -2.13. The zero-order valence-electron chi connectivity index (χ0n) is 12.7. The first kappa shape index (κ1) is 17.4. The molecule has 0 spiro atoms. The van der Waals surface area contributed by atoms with Crippen LogP contribution >= 0.6 is 23.4 Å². The largest absolute Gasteiger partial charge is 0.478 e. The predicted octanol–water partition coefficient (Wildman–Crippen LogP) is 4.47. The molecular weight excluding hydrogens is 334 g/mol. The van der Waals surface area contributed by atoms with E-state index < -0.39 is 5.97 Å². The number of rotatable bonds is 5. The Kier molecular flexibility index (Phi) is 5.69. The number of aromatic carboxylic acids is 1. The molecule has 1 unspecified atom stereocenters. The fourth-order valence-electron chi connectivity index (χ4n) is 1.89. The smallest absolute Gasteiger partial charge is 0.337 e. The number of halogens is 1. The van der Waals surface area contributed by atoms with Gasteiger partial charge in [0.25, 0.3) is 0 Å². The van der Waals surface area contributed by atoms with E-state index in [-0.39, 0.29) is 21.7 Å². The van der Waals surface area contributed by atoms with Crippen molar-refractivity contribution in [3.8, 4) is 0 Å². The molecule has 0 saturated heterocycles. The minimum Gasteiger partial charge on any atom is -0.478 e. The van der Waals surface area contributed by atoms with Crippen LogP contribution in [0.5, 0.6) is 0 Å². The number of aryl methyl sites for hydroxylation is 1. The van der Waals surface area contributed by atoms with Gasteiger partial charge in [0, 0.05) is 10.6 Å². The quantitative estimate of drug-likeness (QED) is 0.782. The number of hydrogen-bond donors (Lipinski definition) is 2. The van der Waals surface area contributed by atoms with E-state index in [1.54, 1.807) is 13.0 Å². The van der Waals surface area contributed by atoms with Gasteiger partial charge in [-0.15, -0.1) is 11.8 Å². The minimum absolute atomic E-state index is 0.0386. The highest BCUT2D eigenvalue weighted by atomic mass is 35.5. The van der Waals surface area contributed by atoms with Crippen LogP contribution in [0.4, 0.5) is 5.69 Å². The van der Waals surface area contributed by atoms with Crippen LogP contribution in [-0.4, -0.2) is 22.2 Å². The van der Waals surface area contributed by atoms with Crippen molar-refractivity contribution in [2.75, 3.05) is 5.32 Å². The Morgan fingerprint density at radius 1 is 1.17 bits per heavy atom. The van der Waals surface area contributed by atoms with Gasteiger partial charge in [0.2, 0.25) is 5.91 Å². The molecule has 2 aromatic rings. The molecule has 23 heavy (non-hydrogen) atoms. The average Bonchev–Trinajstić information content (AvgIpc) is 2.51. The summed E-state index contributed by atoms with van der Waals surface area (Å²) in [6, 6.07) is 12.3. The Morgan fingerprint density at radius 2 is 1.83 bits per heavy atom. The number of carboxylic acid groups (broad SMARTS) is 1. The van der Waals surface area contributed by atoms with Crippen LogP contribution in [0.3, 0.4) is 0 Å². The number of amides is 1. The number of anilines is 1. The van der Waals surface area contributed by atoms with Crippen molar-refractivity contribution in [3.05, 3.63) is 58.6 Å². The molecule has 0 bridgehead atoms. The highest BCUT2D eigenvalue weighted by molar-refractivity contribution is 8.00. The van der Waals surface area contributed by atoms with Gasteiger partial charge in [-0.2, -0.15) is 0 Å². The van der Waals surface area contributed by atoms with Gasteiger partial charge < -0.3 is 10.4 Å². The lowest BCUT2D eigenvalue weighted by Crippen LogP contribution is -2.22. The number of carbonyl (C=O) groups excluding carboxylic acids is 1. The van der Waals surface area contributed by atoms with E-state index in [0.717, 1.165) is 10.5 Å². The molecule has 0 aliphatic carbocycles. The molecule has 0 fully saturated rings. The Bertz CT molecular complexity index is 731. The van der Waals surface area contributed by atoms with E-state index in [1.807, 2.05) is 31.2 Å². The van der Waals surface area contributed by atoms with Crippen LogP contribution in [0, 0.1) is 6.92 Å². The average molecular weight is 350 g/mol. The molecule has 0 aliphatic rings. The van der Waals surface area contributed by atoms with E-state index in [9.17, 15) is 9.59 Å². The van der Waals surface area contributed by atoms with Gasteiger partial charge in [-0.1, -0.05) is 29.3 Å². The normalized spacial score (nSPS) is 11.8. The van der Waals surface area contributed by atoms with Crippen LogP contribution in [0.2, 0.25) is 5.02 Å². The van der Waals surface area contributed by atoms with Crippen LogP contribution in [0.15, 0.2) is 47.4 Å². The summed E-state index contributed by atoms with van der Waals surface area (Å²) < 4.78 is 0. The fourth-order valence-corrected chi connectivity index (χ4v) is 2.95. The van der Waals surface area contributed by atoms with Crippen LogP contribution in [-0.2, 0) is 4.79 Å². The summed E-state index contributed by atoms with van der Waals surface area (Å²) in [6.45, 7) is 3.80. The van der Waals surface area contributed by atoms with Crippen molar-refractivity contribution in [2.24, 2.45) is 0 Å². The first-order valence-corrected chi connectivity index (χ1v) is 8.19. The molecule has 1 amide bonds. The van der Waals surface area contributed by atoms with Crippen LogP contribution < -0.4 is 5.32 Å². The number of thioether (sulfide) groups is 1. The number of hydrogen-bond acceptors (Lipinski definition) is 3. The Hall–Kier alpha value is -1.98. The summed E-state index contributed by atoms with van der Waals surface area (Å²) in [7, 11) is 0. The summed E-state index contributed by atoms with van der Waals surface area (Å²) in [5.74, 6) is -1.33. The van der Waals surface area contributed by atoms with Crippen LogP contribution in [0.25, 0.3) is 0 Å². The van der Waals surface area contributed by atoms with E-state index in [0.29, 0.717) is 5.69 Å². The predicted molar refractivity (Wildman–Crippen MR) is 93.5 cm³/mol. The van der Waals surface area contributed by atoms with Gasteiger partial charge in [0.15, 0.2) is 0 Å². The number of carboxylic acids is 1. The fraction of sp³-hybridized carbons (Fsp3) is 0.176. The maximum atomic E-state index is 12.2. The highest BCUT2D eigenvalue weighted by Gasteiger charge is 2.16. The molecule has 0 heterocycles. The molecular formula is C17H16ClNO3S. The zero-order chi connectivity index (χ0) is 17.0. The summed E-state index contributed by atoms with van der Waals surface area (Å²) in [6.07, 6.45) is 0. The number of benzene rings is 2. The van der Waals surface area contributed by atoms with Crippen LogP contribution in [0.1, 0.15) is 22.8 Å². The Balaban J connectivity index is 2.04. The second kappa shape index (κ2) is 7.53. The van der Waals surface area contributed by atoms with Crippen molar-refractivity contribution < 1.29 is 14.7 Å². The molecule has 1 atom stereocenters. The Labute approximate surface area is 143 Å². The van der Waals surface area contributed by atoms with Gasteiger partial charge in [-0.05, 0) is 44.2 Å². The first-order valence-electron chi connectivity index (χ1n) is 6.94. The lowest BCUT2D eigenvalue weighted by atomic mass is 10.2. The van der Waals surface area contributed by atoms with Gasteiger partial charge in [0.05, 0.1) is 15.8 Å². The first-order chi connectivity index (χ1) is 10.9. The third-order valence-electron chi connectivity index (χ3n) is 3.17. The molecule has 0 radical (unpaired) electrons. The van der Waals surface area contributed by atoms with E-state index in [4.69, 9.17) is 16.7 Å². The van der Waals surface area contributed by atoms with Gasteiger partial charge in [-0.3, -0.25) is 4.79 Å². The van der Waals surface area contributed by atoms with Gasteiger partial charge >= 0.3 is 5.97 Å². The van der Waals surface area contributed by atoms with Crippen molar-refractivity contribution in [1.82, 2.24) is 0 Å². The van der Waals surface area contributed by atoms with Crippen molar-refractivity contribution >= 4 is 40.9 Å². The maximum Gasteiger partial charge on any atom is 0.337 e. The van der Waals surface area contributed by atoms with E-state index >= 15 is 0 Å². The summed E-state index contributed by atoms with van der Waals surface area (Å²) in [5, 5.41) is 11.6. The molecule has 2 N–H and O–H groups in total. The van der Waals surface area contributed by atoms with E-state index in [1.165, 1.54) is 23.9 Å². The highest BCUT2D eigenvalue weighted by Crippen LogP contribution is 2.25. The Morgan fingerprint density at radius 3 is 2.43 bits per heavy atom. The minimum atomic E-state index is -1.13. The summed E-state index contributed by atoms with van der Waals surface area (Å²) in [4.78, 5) is 24.3. The second-order valence-corrected chi connectivity index (χ2v) is 6.88. The topological polar surface area (TPSA) is 66.4 Å².